The second-order valence-electron chi connectivity index (χ2n) is 4.53. The summed E-state index contributed by atoms with van der Waals surface area (Å²) in [6.07, 6.45) is 0.381. The van der Waals surface area contributed by atoms with Gasteiger partial charge in [0.15, 0.2) is 0 Å². The molecule has 0 aliphatic carbocycles. The summed E-state index contributed by atoms with van der Waals surface area (Å²) >= 11 is 1.47. The number of aromatic nitrogens is 1. The van der Waals surface area contributed by atoms with Gasteiger partial charge in [0.05, 0.1) is 23.2 Å². The number of carboxylic acids is 1. The Kier molecular flexibility index (Phi) is 5.08. The molecule has 0 atom stereocenters. The number of carbonyl (C=O) groups is 2. The van der Waals surface area contributed by atoms with E-state index in [2.05, 4.69) is 15.6 Å². The van der Waals surface area contributed by atoms with Crippen molar-refractivity contribution < 1.29 is 14.7 Å². The lowest BCUT2D eigenvalue weighted by Gasteiger charge is -2.18. The first kappa shape index (κ1) is 14.4. The number of nitrogens with zero attached hydrogens (tertiary/aromatic N) is 1. The summed E-state index contributed by atoms with van der Waals surface area (Å²) in [7, 11) is 0. The van der Waals surface area contributed by atoms with Gasteiger partial charge in [-0.2, -0.15) is 0 Å². The summed E-state index contributed by atoms with van der Waals surface area (Å²) < 4.78 is 0. The molecular weight excluding hydrogens is 254 g/mol. The van der Waals surface area contributed by atoms with Gasteiger partial charge < -0.3 is 15.7 Å². The highest BCUT2D eigenvalue weighted by Crippen LogP contribution is 2.19. The average Bonchev–Trinajstić information content (AvgIpc) is 2.78. The quantitative estimate of drug-likeness (QED) is 0.730. The van der Waals surface area contributed by atoms with Crippen molar-refractivity contribution in [2.24, 2.45) is 5.41 Å². The molecule has 0 saturated carbocycles. The van der Waals surface area contributed by atoms with Crippen molar-refractivity contribution in [1.82, 2.24) is 15.6 Å². The zero-order valence-electron chi connectivity index (χ0n) is 10.4. The van der Waals surface area contributed by atoms with E-state index in [1.54, 1.807) is 19.4 Å². The first-order chi connectivity index (χ1) is 8.42. The number of aliphatic carboxylic acids is 1. The molecule has 0 saturated heterocycles. The Bertz CT molecular complexity index is 404. The normalized spacial score (nSPS) is 11.0. The third-order valence-corrected chi connectivity index (χ3v) is 3.16. The number of rotatable bonds is 6. The molecule has 0 unspecified atom stereocenters. The van der Waals surface area contributed by atoms with E-state index in [-0.39, 0.29) is 6.03 Å². The first-order valence-corrected chi connectivity index (χ1v) is 6.48. The van der Waals surface area contributed by atoms with Crippen LogP contribution in [-0.2, 0) is 11.3 Å². The van der Waals surface area contributed by atoms with Gasteiger partial charge >= 0.3 is 12.0 Å². The number of nitrogens with one attached hydrogen (secondary N) is 2. The first-order valence-electron chi connectivity index (χ1n) is 5.54. The Balaban J connectivity index is 2.20. The minimum atomic E-state index is -0.868. The predicted molar refractivity (Wildman–Crippen MR) is 68.4 cm³/mol. The summed E-state index contributed by atoms with van der Waals surface area (Å²) in [6.45, 7) is 3.95. The monoisotopic (exact) mass is 271 g/mol. The van der Waals surface area contributed by atoms with Crippen LogP contribution in [0.5, 0.6) is 0 Å². The van der Waals surface area contributed by atoms with E-state index in [0.717, 1.165) is 5.69 Å². The molecule has 0 aromatic carbocycles. The molecule has 1 heterocycles. The topological polar surface area (TPSA) is 91.3 Å². The van der Waals surface area contributed by atoms with Gasteiger partial charge in [0.1, 0.15) is 0 Å². The minimum absolute atomic E-state index is 0.316. The minimum Gasteiger partial charge on any atom is -0.481 e. The number of urea groups is 1. The molecule has 1 aromatic rings. The molecule has 7 heteroatoms. The van der Waals surface area contributed by atoms with Crippen LogP contribution in [0.3, 0.4) is 0 Å². The fraction of sp³-hybridized carbons (Fsp3) is 0.545. The zero-order valence-corrected chi connectivity index (χ0v) is 11.2. The fourth-order valence-corrected chi connectivity index (χ4v) is 1.71. The SMILES string of the molecule is CC(C)(CCNC(=O)NCc1cscn1)C(=O)O. The van der Waals surface area contributed by atoms with Gasteiger partial charge in [0, 0.05) is 11.9 Å². The molecule has 1 rings (SSSR count). The van der Waals surface area contributed by atoms with Crippen LogP contribution in [0, 0.1) is 5.41 Å². The van der Waals surface area contributed by atoms with Crippen molar-refractivity contribution >= 4 is 23.3 Å². The summed E-state index contributed by atoms with van der Waals surface area (Å²) in [5.41, 5.74) is 1.67. The molecule has 0 aliphatic heterocycles. The molecule has 1 aromatic heterocycles. The molecule has 2 amide bonds. The van der Waals surface area contributed by atoms with Crippen LogP contribution in [0.2, 0.25) is 0 Å². The Morgan fingerprint density at radius 2 is 2.17 bits per heavy atom. The van der Waals surface area contributed by atoms with Crippen molar-refractivity contribution in [2.75, 3.05) is 6.54 Å². The number of hydrogen-bond acceptors (Lipinski definition) is 4. The molecule has 0 spiro atoms. The Labute approximate surface area is 109 Å². The summed E-state index contributed by atoms with van der Waals surface area (Å²) in [5.74, 6) is -0.868. The lowest BCUT2D eigenvalue weighted by Crippen LogP contribution is -2.38. The van der Waals surface area contributed by atoms with Crippen molar-refractivity contribution in [1.29, 1.82) is 0 Å². The Morgan fingerprint density at radius 3 is 2.72 bits per heavy atom. The van der Waals surface area contributed by atoms with E-state index in [9.17, 15) is 9.59 Å². The van der Waals surface area contributed by atoms with Crippen LogP contribution < -0.4 is 10.6 Å². The lowest BCUT2D eigenvalue weighted by atomic mass is 9.90. The highest BCUT2D eigenvalue weighted by atomic mass is 32.1. The van der Waals surface area contributed by atoms with Crippen LogP contribution in [0.1, 0.15) is 26.0 Å². The van der Waals surface area contributed by atoms with Crippen molar-refractivity contribution in [3.8, 4) is 0 Å². The van der Waals surface area contributed by atoms with Gasteiger partial charge in [0.2, 0.25) is 0 Å². The van der Waals surface area contributed by atoms with Crippen LogP contribution in [0.4, 0.5) is 4.79 Å². The van der Waals surface area contributed by atoms with Crippen LogP contribution >= 0.6 is 11.3 Å². The van der Waals surface area contributed by atoms with Gasteiger partial charge in [-0.25, -0.2) is 9.78 Å². The van der Waals surface area contributed by atoms with Crippen LogP contribution in [-0.4, -0.2) is 28.6 Å². The molecule has 0 bridgehead atoms. The number of amides is 2. The van der Waals surface area contributed by atoms with E-state index in [0.29, 0.717) is 19.5 Å². The largest absolute Gasteiger partial charge is 0.481 e. The van der Waals surface area contributed by atoms with E-state index < -0.39 is 11.4 Å². The predicted octanol–water partition coefficient (Wildman–Crippen LogP) is 1.44. The van der Waals surface area contributed by atoms with E-state index in [1.165, 1.54) is 11.3 Å². The van der Waals surface area contributed by atoms with Gasteiger partial charge in [-0.1, -0.05) is 0 Å². The van der Waals surface area contributed by atoms with Crippen molar-refractivity contribution in [3.05, 3.63) is 16.6 Å². The van der Waals surface area contributed by atoms with E-state index in [4.69, 9.17) is 5.11 Å². The van der Waals surface area contributed by atoms with Gasteiger partial charge in [-0.3, -0.25) is 4.79 Å². The fourth-order valence-electron chi connectivity index (χ4n) is 1.15. The maximum atomic E-state index is 11.4. The standard InChI is InChI=1S/C11H17N3O3S/c1-11(2,9(15)16)3-4-12-10(17)13-5-8-6-18-7-14-8/h6-7H,3-5H2,1-2H3,(H,15,16)(H2,12,13,17). The molecule has 3 N–H and O–H groups in total. The molecule has 18 heavy (non-hydrogen) atoms. The lowest BCUT2D eigenvalue weighted by molar-refractivity contribution is -0.147. The van der Waals surface area contributed by atoms with E-state index >= 15 is 0 Å². The Hall–Kier alpha value is -1.63. The highest BCUT2D eigenvalue weighted by molar-refractivity contribution is 7.07. The van der Waals surface area contributed by atoms with Gasteiger partial charge in [0.25, 0.3) is 0 Å². The second kappa shape index (κ2) is 6.34. The Morgan fingerprint density at radius 1 is 1.44 bits per heavy atom. The highest BCUT2D eigenvalue weighted by Gasteiger charge is 2.26. The maximum Gasteiger partial charge on any atom is 0.315 e. The number of carboxylic acid groups (broad SMARTS) is 1. The van der Waals surface area contributed by atoms with Gasteiger partial charge in [-0.15, -0.1) is 11.3 Å². The van der Waals surface area contributed by atoms with E-state index in [1.807, 2.05) is 5.38 Å². The molecule has 6 nitrogen and oxygen atoms in total. The van der Waals surface area contributed by atoms with Crippen molar-refractivity contribution in [3.63, 3.8) is 0 Å². The number of thiazole rings is 1. The molecule has 0 fully saturated rings. The maximum absolute atomic E-state index is 11.4. The summed E-state index contributed by atoms with van der Waals surface area (Å²) in [4.78, 5) is 26.3. The number of hydrogen-bond donors (Lipinski definition) is 3. The molecule has 0 radical (unpaired) electrons. The third-order valence-electron chi connectivity index (χ3n) is 2.53. The summed E-state index contributed by atoms with van der Waals surface area (Å²) in [6, 6.07) is -0.316. The molecular formula is C11H17N3O3S. The van der Waals surface area contributed by atoms with Crippen LogP contribution in [0.25, 0.3) is 0 Å². The second-order valence-corrected chi connectivity index (χ2v) is 5.25. The van der Waals surface area contributed by atoms with Crippen molar-refractivity contribution in [2.45, 2.75) is 26.8 Å². The number of carbonyl (C=O) groups excluding carboxylic acids is 1. The van der Waals surface area contributed by atoms with Crippen LogP contribution in [0.15, 0.2) is 10.9 Å². The van der Waals surface area contributed by atoms with Gasteiger partial charge in [-0.05, 0) is 20.3 Å². The average molecular weight is 271 g/mol. The third kappa shape index (κ3) is 4.70. The molecule has 100 valence electrons. The zero-order chi connectivity index (χ0) is 13.6. The smallest absolute Gasteiger partial charge is 0.315 e. The summed E-state index contributed by atoms with van der Waals surface area (Å²) in [5, 5.41) is 16.0. The molecule has 0 aliphatic rings.